The van der Waals surface area contributed by atoms with Gasteiger partial charge in [-0.1, -0.05) is 22.7 Å². The van der Waals surface area contributed by atoms with E-state index in [1.165, 1.54) is 22.8 Å². The first-order chi connectivity index (χ1) is 9.25. The zero-order valence-corrected chi connectivity index (χ0v) is 11.4. The Hall–Kier alpha value is -1.95. The molecule has 1 aromatic heterocycles. The van der Waals surface area contributed by atoms with Crippen molar-refractivity contribution in [3.05, 3.63) is 40.9 Å². The van der Waals surface area contributed by atoms with Crippen LogP contribution in [-0.2, 0) is 6.54 Å². The van der Waals surface area contributed by atoms with Crippen LogP contribution in [0, 0.1) is 0 Å². The van der Waals surface area contributed by atoms with Gasteiger partial charge in [0.1, 0.15) is 0 Å². The summed E-state index contributed by atoms with van der Waals surface area (Å²) in [6.45, 7) is 2.14. The topological polar surface area (TPSA) is 49.3 Å². The predicted molar refractivity (Wildman–Crippen MR) is 74.4 cm³/mol. The van der Waals surface area contributed by atoms with Crippen LogP contribution in [0.15, 0.2) is 29.6 Å². The molecule has 3 rings (SSSR count). The van der Waals surface area contributed by atoms with Crippen LogP contribution in [0.5, 0.6) is 0 Å². The van der Waals surface area contributed by atoms with Crippen LogP contribution in [0.25, 0.3) is 0 Å². The van der Waals surface area contributed by atoms with Gasteiger partial charge in [0.15, 0.2) is 5.69 Å². The Balaban J connectivity index is 1.89. The molecule has 98 valence electrons. The highest BCUT2D eigenvalue weighted by atomic mass is 32.1. The van der Waals surface area contributed by atoms with Gasteiger partial charge in [-0.25, -0.2) is 0 Å². The van der Waals surface area contributed by atoms with Gasteiger partial charge in [0, 0.05) is 37.7 Å². The smallest absolute Gasteiger partial charge is 0.275 e. The molecule has 0 spiro atoms. The number of carbonyl (C=O) groups is 1. The van der Waals surface area contributed by atoms with Crippen molar-refractivity contribution in [2.75, 3.05) is 25.0 Å². The van der Waals surface area contributed by atoms with Crippen LogP contribution in [-0.4, -0.2) is 40.5 Å². The Labute approximate surface area is 115 Å². The summed E-state index contributed by atoms with van der Waals surface area (Å²) in [7, 11) is 2.05. The van der Waals surface area contributed by atoms with Gasteiger partial charge in [-0.15, -0.1) is 5.10 Å². The Morgan fingerprint density at radius 2 is 2.16 bits per heavy atom. The minimum Gasteiger partial charge on any atom is -0.373 e. The van der Waals surface area contributed by atoms with Crippen LogP contribution in [0.4, 0.5) is 5.69 Å². The molecule has 1 amide bonds. The van der Waals surface area contributed by atoms with E-state index >= 15 is 0 Å². The molecule has 0 N–H and O–H groups in total. The number of rotatable bonds is 1. The van der Waals surface area contributed by atoms with E-state index in [1.54, 1.807) is 5.38 Å². The third kappa shape index (κ3) is 2.31. The van der Waals surface area contributed by atoms with Gasteiger partial charge < -0.3 is 9.80 Å². The number of nitrogens with zero attached hydrogens (tertiary/aromatic N) is 4. The zero-order valence-electron chi connectivity index (χ0n) is 10.6. The van der Waals surface area contributed by atoms with E-state index in [0.29, 0.717) is 18.8 Å². The van der Waals surface area contributed by atoms with Crippen molar-refractivity contribution in [1.82, 2.24) is 14.5 Å². The Morgan fingerprint density at radius 1 is 1.32 bits per heavy atom. The molecule has 0 aliphatic carbocycles. The molecule has 1 aliphatic heterocycles. The van der Waals surface area contributed by atoms with E-state index in [2.05, 4.69) is 33.7 Å². The summed E-state index contributed by atoms with van der Waals surface area (Å²) >= 11 is 1.20. The second-order valence-electron chi connectivity index (χ2n) is 4.57. The second-order valence-corrected chi connectivity index (χ2v) is 5.18. The summed E-state index contributed by atoms with van der Waals surface area (Å²) in [6, 6.07) is 8.19. The molecule has 0 unspecified atom stereocenters. The summed E-state index contributed by atoms with van der Waals surface area (Å²) in [6.07, 6.45) is 0. The Kier molecular flexibility index (Phi) is 3.16. The number of fused-ring (bicyclic) bond motifs is 1. The van der Waals surface area contributed by atoms with E-state index in [0.717, 1.165) is 6.54 Å². The van der Waals surface area contributed by atoms with Crippen molar-refractivity contribution in [2.24, 2.45) is 0 Å². The molecule has 5 nitrogen and oxygen atoms in total. The highest BCUT2D eigenvalue weighted by Gasteiger charge is 2.23. The second kappa shape index (κ2) is 4.97. The zero-order chi connectivity index (χ0) is 13.2. The first kappa shape index (κ1) is 12.1. The number of carbonyl (C=O) groups excluding carboxylic acids is 1. The van der Waals surface area contributed by atoms with Crippen molar-refractivity contribution in [2.45, 2.75) is 6.54 Å². The van der Waals surface area contributed by atoms with Crippen molar-refractivity contribution in [1.29, 1.82) is 0 Å². The van der Waals surface area contributed by atoms with E-state index in [4.69, 9.17) is 0 Å². The molecule has 2 aromatic rings. The summed E-state index contributed by atoms with van der Waals surface area (Å²) in [5.74, 6) is -0.0427. The first-order valence-electron chi connectivity index (χ1n) is 6.11. The van der Waals surface area contributed by atoms with Gasteiger partial charge in [0.2, 0.25) is 0 Å². The highest BCUT2D eigenvalue weighted by molar-refractivity contribution is 7.03. The van der Waals surface area contributed by atoms with Gasteiger partial charge in [-0.2, -0.15) is 0 Å². The van der Waals surface area contributed by atoms with Crippen molar-refractivity contribution in [3.63, 3.8) is 0 Å². The Bertz CT molecular complexity index is 584. The lowest BCUT2D eigenvalue weighted by Crippen LogP contribution is -2.34. The standard InChI is InChI=1S/C13H14N4OS/c1-16-6-7-17(13(18)11-9-19-15-14-11)8-10-4-2-3-5-12(10)16/h2-5,9H,6-8H2,1H3. The molecule has 0 bridgehead atoms. The lowest BCUT2D eigenvalue weighted by Gasteiger charge is -2.19. The fourth-order valence-corrected chi connectivity index (χ4v) is 2.72. The fraction of sp³-hybridized carbons (Fsp3) is 0.308. The van der Waals surface area contributed by atoms with Crippen LogP contribution in [0.3, 0.4) is 0 Å². The molecule has 0 saturated heterocycles. The van der Waals surface area contributed by atoms with E-state index in [1.807, 2.05) is 17.0 Å². The minimum absolute atomic E-state index is 0.0427. The molecular formula is C13H14N4OS. The third-order valence-corrected chi connectivity index (χ3v) is 3.84. The molecule has 1 aromatic carbocycles. The molecule has 0 radical (unpaired) electrons. The third-order valence-electron chi connectivity index (χ3n) is 3.34. The summed E-state index contributed by atoms with van der Waals surface area (Å²) < 4.78 is 3.75. The SMILES string of the molecule is CN1CCN(C(=O)c2csnn2)Cc2ccccc21. The van der Waals surface area contributed by atoms with Gasteiger partial charge >= 0.3 is 0 Å². The van der Waals surface area contributed by atoms with Crippen LogP contribution in [0.2, 0.25) is 0 Å². The van der Waals surface area contributed by atoms with Crippen LogP contribution >= 0.6 is 11.5 Å². The lowest BCUT2D eigenvalue weighted by atomic mass is 10.1. The molecule has 1 aliphatic rings. The number of benzene rings is 1. The summed E-state index contributed by atoms with van der Waals surface area (Å²) in [4.78, 5) is 16.4. The summed E-state index contributed by atoms with van der Waals surface area (Å²) in [5.41, 5.74) is 2.79. The van der Waals surface area contributed by atoms with E-state index < -0.39 is 0 Å². The van der Waals surface area contributed by atoms with Crippen molar-refractivity contribution in [3.8, 4) is 0 Å². The maximum absolute atomic E-state index is 12.3. The first-order valence-corrected chi connectivity index (χ1v) is 6.95. The summed E-state index contributed by atoms with van der Waals surface area (Å²) in [5, 5.41) is 5.56. The molecule has 19 heavy (non-hydrogen) atoms. The Morgan fingerprint density at radius 3 is 2.95 bits per heavy atom. The molecule has 0 saturated carbocycles. The molecule has 0 atom stereocenters. The number of anilines is 1. The predicted octanol–water partition coefficient (Wildman–Crippen LogP) is 1.63. The van der Waals surface area contributed by atoms with Crippen molar-refractivity contribution < 1.29 is 4.79 Å². The normalized spacial score (nSPS) is 15.0. The molecule has 2 heterocycles. The average molecular weight is 274 g/mol. The minimum atomic E-state index is -0.0427. The van der Waals surface area contributed by atoms with Gasteiger partial charge in [0.05, 0.1) is 0 Å². The quantitative estimate of drug-likeness (QED) is 0.793. The number of hydrogen-bond donors (Lipinski definition) is 0. The van der Waals surface area contributed by atoms with Crippen LogP contribution in [0.1, 0.15) is 16.1 Å². The number of amides is 1. The van der Waals surface area contributed by atoms with Gasteiger partial charge in [-0.05, 0) is 23.2 Å². The van der Waals surface area contributed by atoms with E-state index in [9.17, 15) is 4.79 Å². The lowest BCUT2D eigenvalue weighted by molar-refractivity contribution is 0.0746. The molecular weight excluding hydrogens is 260 g/mol. The number of likely N-dealkylation sites (N-methyl/N-ethyl adjacent to an activating group) is 1. The van der Waals surface area contributed by atoms with E-state index in [-0.39, 0.29) is 5.91 Å². The number of hydrogen-bond acceptors (Lipinski definition) is 5. The molecule has 6 heteroatoms. The van der Waals surface area contributed by atoms with Crippen LogP contribution < -0.4 is 4.90 Å². The largest absolute Gasteiger partial charge is 0.373 e. The van der Waals surface area contributed by atoms with Gasteiger partial charge in [0.25, 0.3) is 5.91 Å². The number of para-hydroxylation sites is 1. The average Bonchev–Trinajstić information content (AvgIpc) is 2.91. The highest BCUT2D eigenvalue weighted by Crippen LogP contribution is 2.24. The monoisotopic (exact) mass is 274 g/mol. The van der Waals surface area contributed by atoms with Gasteiger partial charge in [-0.3, -0.25) is 4.79 Å². The maximum atomic E-state index is 12.3. The fourth-order valence-electron chi connectivity index (χ4n) is 2.29. The molecule has 0 fully saturated rings. The van der Waals surface area contributed by atoms with Crippen molar-refractivity contribution >= 4 is 23.1 Å². The number of aromatic nitrogens is 2. The maximum Gasteiger partial charge on any atom is 0.275 e.